The van der Waals surface area contributed by atoms with Gasteiger partial charge in [-0.25, -0.2) is 4.99 Å². The standard InChI is InChI=1S/C22H42N2O2S/c1-3-4-5-6-7-8-9-10-11-12-13-16-20(2)24-21(22(25)26)17-14-15-18-23-19-27/h20-21,24H,3-18H2,1-2H3,(H,25,26). The minimum atomic E-state index is -0.751. The highest BCUT2D eigenvalue weighted by atomic mass is 32.1. The topological polar surface area (TPSA) is 61.7 Å². The molecule has 27 heavy (non-hydrogen) atoms. The van der Waals surface area contributed by atoms with Crippen molar-refractivity contribution in [2.24, 2.45) is 4.99 Å². The van der Waals surface area contributed by atoms with Gasteiger partial charge in [0.2, 0.25) is 0 Å². The van der Waals surface area contributed by atoms with E-state index in [9.17, 15) is 9.90 Å². The van der Waals surface area contributed by atoms with Gasteiger partial charge >= 0.3 is 5.97 Å². The van der Waals surface area contributed by atoms with Crippen LogP contribution in [0.15, 0.2) is 4.99 Å². The fourth-order valence-electron chi connectivity index (χ4n) is 3.40. The van der Waals surface area contributed by atoms with Gasteiger partial charge in [0, 0.05) is 12.6 Å². The molecule has 5 heteroatoms. The van der Waals surface area contributed by atoms with Gasteiger partial charge in [-0.2, -0.15) is 0 Å². The van der Waals surface area contributed by atoms with Crippen molar-refractivity contribution < 1.29 is 9.90 Å². The SMILES string of the molecule is CCCCCCCCCCCCCC(C)NC(CCCCN=C=S)C(=O)O. The summed E-state index contributed by atoms with van der Waals surface area (Å²) < 4.78 is 0. The number of carbonyl (C=O) groups is 1. The zero-order valence-electron chi connectivity index (χ0n) is 17.7. The van der Waals surface area contributed by atoms with Crippen molar-refractivity contribution in [3.05, 3.63) is 0 Å². The minimum Gasteiger partial charge on any atom is -0.480 e. The highest BCUT2D eigenvalue weighted by Gasteiger charge is 2.18. The summed E-state index contributed by atoms with van der Waals surface area (Å²) in [6.45, 7) is 5.00. The third-order valence-corrected chi connectivity index (χ3v) is 5.23. The van der Waals surface area contributed by atoms with Crippen molar-refractivity contribution in [3.63, 3.8) is 0 Å². The maximum Gasteiger partial charge on any atom is 0.320 e. The van der Waals surface area contributed by atoms with Crippen molar-refractivity contribution >= 4 is 23.3 Å². The number of hydrogen-bond acceptors (Lipinski definition) is 4. The van der Waals surface area contributed by atoms with Gasteiger partial charge < -0.3 is 10.4 Å². The fourth-order valence-corrected chi connectivity index (χ4v) is 3.50. The average Bonchev–Trinajstić information content (AvgIpc) is 2.64. The number of thiocarbonyl (C=S) groups is 1. The largest absolute Gasteiger partial charge is 0.480 e. The summed E-state index contributed by atoms with van der Waals surface area (Å²) in [6.07, 6.45) is 18.2. The Morgan fingerprint density at radius 2 is 1.44 bits per heavy atom. The van der Waals surface area contributed by atoms with Crippen LogP contribution in [-0.2, 0) is 4.79 Å². The maximum absolute atomic E-state index is 11.4. The molecule has 0 amide bonds. The summed E-state index contributed by atoms with van der Waals surface area (Å²) in [7, 11) is 0. The number of carboxylic acids is 1. The zero-order chi connectivity index (χ0) is 20.2. The van der Waals surface area contributed by atoms with Crippen molar-refractivity contribution in [2.75, 3.05) is 6.54 Å². The van der Waals surface area contributed by atoms with Crippen LogP contribution in [0.3, 0.4) is 0 Å². The Morgan fingerprint density at radius 1 is 0.926 bits per heavy atom. The third kappa shape index (κ3) is 18.4. The summed E-state index contributed by atoms with van der Waals surface area (Å²) in [6, 6.07) is -0.201. The number of hydrogen-bond donors (Lipinski definition) is 2. The van der Waals surface area contributed by atoms with Gasteiger partial charge in [-0.15, -0.1) is 0 Å². The van der Waals surface area contributed by atoms with Gasteiger partial charge in [0.15, 0.2) is 0 Å². The molecule has 0 aliphatic rings. The van der Waals surface area contributed by atoms with Gasteiger partial charge in [0.25, 0.3) is 0 Å². The molecule has 158 valence electrons. The second-order valence-electron chi connectivity index (χ2n) is 7.75. The normalized spacial score (nSPS) is 13.1. The summed E-state index contributed by atoms with van der Waals surface area (Å²) >= 11 is 4.53. The van der Waals surface area contributed by atoms with Gasteiger partial charge in [-0.05, 0) is 44.8 Å². The Bertz CT molecular complexity index is 398. The molecule has 2 N–H and O–H groups in total. The molecular formula is C22H42N2O2S. The van der Waals surface area contributed by atoms with Crippen molar-refractivity contribution in [2.45, 2.75) is 122 Å². The molecule has 0 heterocycles. The van der Waals surface area contributed by atoms with Crippen LogP contribution in [0.1, 0.15) is 110 Å². The molecule has 4 nitrogen and oxygen atoms in total. The Balaban J connectivity index is 3.61. The van der Waals surface area contributed by atoms with E-state index in [1.807, 2.05) is 0 Å². The Hall–Kier alpha value is -0.770. The summed E-state index contributed by atoms with van der Waals surface area (Å²) in [5.74, 6) is -0.751. The van der Waals surface area contributed by atoms with E-state index < -0.39 is 12.0 Å². The lowest BCUT2D eigenvalue weighted by Gasteiger charge is -2.20. The van der Waals surface area contributed by atoms with E-state index in [0.29, 0.717) is 13.0 Å². The highest BCUT2D eigenvalue weighted by Crippen LogP contribution is 2.13. The molecule has 0 aromatic heterocycles. The van der Waals surface area contributed by atoms with E-state index in [1.165, 1.54) is 70.6 Å². The summed E-state index contributed by atoms with van der Waals surface area (Å²) in [5, 5.41) is 15.0. The van der Waals surface area contributed by atoms with E-state index in [1.54, 1.807) is 0 Å². The smallest absolute Gasteiger partial charge is 0.320 e. The van der Waals surface area contributed by atoms with Gasteiger partial charge in [-0.3, -0.25) is 4.79 Å². The monoisotopic (exact) mass is 398 g/mol. The molecule has 0 bridgehead atoms. The Kier molecular flexibility index (Phi) is 19.4. The molecule has 2 atom stereocenters. The first-order valence-electron chi connectivity index (χ1n) is 11.1. The number of aliphatic imine (C=N–C) groups is 1. The van der Waals surface area contributed by atoms with Crippen LogP contribution in [0.4, 0.5) is 0 Å². The summed E-state index contributed by atoms with van der Waals surface area (Å²) in [4.78, 5) is 15.3. The lowest BCUT2D eigenvalue weighted by atomic mass is 10.0. The average molecular weight is 399 g/mol. The van der Waals surface area contributed by atoms with Crippen LogP contribution in [0.5, 0.6) is 0 Å². The zero-order valence-corrected chi connectivity index (χ0v) is 18.5. The number of nitrogens with one attached hydrogen (secondary N) is 1. The lowest BCUT2D eigenvalue weighted by molar-refractivity contribution is -0.139. The summed E-state index contributed by atoms with van der Waals surface area (Å²) in [5.41, 5.74) is 0. The third-order valence-electron chi connectivity index (χ3n) is 5.10. The fraction of sp³-hybridized carbons (Fsp3) is 0.909. The van der Waals surface area contributed by atoms with E-state index in [4.69, 9.17) is 0 Å². The molecule has 0 aliphatic heterocycles. The lowest BCUT2D eigenvalue weighted by Crippen LogP contribution is -2.42. The molecule has 0 aromatic carbocycles. The maximum atomic E-state index is 11.4. The molecule has 0 saturated carbocycles. The number of rotatable bonds is 20. The molecule has 0 saturated heterocycles. The van der Waals surface area contributed by atoms with E-state index in [-0.39, 0.29) is 6.04 Å². The first-order chi connectivity index (χ1) is 13.1. The Morgan fingerprint density at radius 3 is 1.96 bits per heavy atom. The van der Waals surface area contributed by atoms with Crippen LogP contribution < -0.4 is 5.32 Å². The molecule has 0 radical (unpaired) electrons. The second kappa shape index (κ2) is 20.0. The van der Waals surface area contributed by atoms with Crippen molar-refractivity contribution in [1.29, 1.82) is 0 Å². The quantitative estimate of drug-likeness (QED) is 0.142. The number of unbranched alkanes of at least 4 members (excludes halogenated alkanes) is 11. The Labute approximate surface area is 172 Å². The molecule has 0 aromatic rings. The van der Waals surface area contributed by atoms with E-state index in [0.717, 1.165) is 19.3 Å². The predicted molar refractivity (Wildman–Crippen MR) is 119 cm³/mol. The first-order valence-corrected chi connectivity index (χ1v) is 11.5. The molecule has 0 spiro atoms. The molecular weight excluding hydrogens is 356 g/mol. The van der Waals surface area contributed by atoms with Crippen LogP contribution in [-0.4, -0.2) is 34.9 Å². The minimum absolute atomic E-state index is 0.253. The van der Waals surface area contributed by atoms with Crippen molar-refractivity contribution in [1.82, 2.24) is 5.32 Å². The van der Waals surface area contributed by atoms with Crippen molar-refractivity contribution in [3.8, 4) is 0 Å². The van der Waals surface area contributed by atoms with Crippen LogP contribution in [0, 0.1) is 0 Å². The highest BCUT2D eigenvalue weighted by molar-refractivity contribution is 7.78. The number of aliphatic carboxylic acids is 1. The van der Waals surface area contributed by atoms with Crippen LogP contribution in [0.25, 0.3) is 0 Å². The van der Waals surface area contributed by atoms with Crippen LogP contribution in [0.2, 0.25) is 0 Å². The van der Waals surface area contributed by atoms with Gasteiger partial charge in [0.1, 0.15) is 6.04 Å². The van der Waals surface area contributed by atoms with Gasteiger partial charge in [-0.1, -0.05) is 77.6 Å². The number of isothiocyanates is 1. The molecule has 0 rings (SSSR count). The second-order valence-corrected chi connectivity index (χ2v) is 7.93. The van der Waals surface area contributed by atoms with Gasteiger partial charge in [0.05, 0.1) is 5.16 Å². The van der Waals surface area contributed by atoms with E-state index >= 15 is 0 Å². The van der Waals surface area contributed by atoms with E-state index in [2.05, 4.69) is 41.5 Å². The molecule has 0 fully saturated rings. The predicted octanol–water partition coefficient (Wildman–Crippen LogP) is 6.39. The van der Waals surface area contributed by atoms with Crippen LogP contribution >= 0.6 is 12.2 Å². The molecule has 2 unspecified atom stereocenters. The first kappa shape index (κ1) is 26.2. The molecule has 0 aliphatic carbocycles. The number of carboxylic acid groups (broad SMARTS) is 1. The number of nitrogens with zero attached hydrogens (tertiary/aromatic N) is 1.